The van der Waals surface area contributed by atoms with Crippen LogP contribution in [0.15, 0.2) is 0 Å². The van der Waals surface area contributed by atoms with Gasteiger partial charge in [-0.25, -0.2) is 0 Å². The van der Waals surface area contributed by atoms with E-state index >= 15 is 0 Å². The van der Waals surface area contributed by atoms with Gasteiger partial charge in [-0.1, -0.05) is 41.0 Å². The number of nitrogens with one attached hydrogen (secondary N) is 1. The van der Waals surface area contributed by atoms with E-state index in [-0.39, 0.29) is 0 Å². The summed E-state index contributed by atoms with van der Waals surface area (Å²) in [5, 5.41) is 3.72. The monoisotopic (exact) mass is 254 g/mol. The second kappa shape index (κ2) is 8.16. The van der Waals surface area contributed by atoms with Crippen LogP contribution in [0.4, 0.5) is 0 Å². The molecule has 0 spiro atoms. The maximum absolute atomic E-state index is 3.72. The molecule has 108 valence electrons. The van der Waals surface area contributed by atoms with Gasteiger partial charge in [0.25, 0.3) is 0 Å². The number of hydrogen-bond donors (Lipinski definition) is 1. The molecule has 2 heteroatoms. The van der Waals surface area contributed by atoms with E-state index in [4.69, 9.17) is 0 Å². The minimum atomic E-state index is 0.683. The van der Waals surface area contributed by atoms with Gasteiger partial charge < -0.3 is 5.32 Å². The summed E-state index contributed by atoms with van der Waals surface area (Å²) in [6.07, 6.45) is 5.28. The lowest BCUT2D eigenvalue weighted by Crippen LogP contribution is -2.54. The summed E-state index contributed by atoms with van der Waals surface area (Å²) in [7, 11) is 0. The lowest BCUT2D eigenvalue weighted by atomic mass is 9.88. The Morgan fingerprint density at radius 3 is 2.17 bits per heavy atom. The standard InChI is InChI=1S/C16H34N2/c1-6-9-15(17-8-3)16(7-2)18-11-13(4)10-14(5)12-18/h13-17H,6-12H2,1-5H3. The second-order valence-corrected chi connectivity index (χ2v) is 6.33. The first-order chi connectivity index (χ1) is 8.62. The molecule has 2 nitrogen and oxygen atoms in total. The van der Waals surface area contributed by atoms with Gasteiger partial charge >= 0.3 is 0 Å². The first-order valence-corrected chi connectivity index (χ1v) is 8.09. The van der Waals surface area contributed by atoms with Gasteiger partial charge in [0.1, 0.15) is 0 Å². The van der Waals surface area contributed by atoms with Gasteiger partial charge in [-0.2, -0.15) is 0 Å². The van der Waals surface area contributed by atoms with Crippen molar-refractivity contribution >= 4 is 0 Å². The summed E-state index contributed by atoms with van der Waals surface area (Å²) in [6.45, 7) is 15.4. The summed E-state index contributed by atoms with van der Waals surface area (Å²) in [5.74, 6) is 1.73. The Balaban J connectivity index is 2.66. The van der Waals surface area contributed by atoms with E-state index in [0.29, 0.717) is 6.04 Å². The van der Waals surface area contributed by atoms with Gasteiger partial charge in [-0.15, -0.1) is 0 Å². The molecular weight excluding hydrogens is 220 g/mol. The molecule has 0 amide bonds. The molecule has 0 radical (unpaired) electrons. The summed E-state index contributed by atoms with van der Waals surface area (Å²) in [6, 6.07) is 1.41. The molecular formula is C16H34N2. The van der Waals surface area contributed by atoms with E-state index in [0.717, 1.165) is 24.4 Å². The summed E-state index contributed by atoms with van der Waals surface area (Å²) in [5.41, 5.74) is 0. The fourth-order valence-corrected chi connectivity index (χ4v) is 3.78. The maximum atomic E-state index is 3.72. The molecule has 1 aliphatic rings. The fourth-order valence-electron chi connectivity index (χ4n) is 3.78. The summed E-state index contributed by atoms with van der Waals surface area (Å²) >= 11 is 0. The molecule has 4 atom stereocenters. The van der Waals surface area contributed by atoms with Gasteiger partial charge in [0.05, 0.1) is 0 Å². The molecule has 1 saturated heterocycles. The van der Waals surface area contributed by atoms with Crippen LogP contribution in [0, 0.1) is 11.8 Å². The number of nitrogens with zero attached hydrogens (tertiary/aromatic N) is 1. The summed E-state index contributed by atoms with van der Waals surface area (Å²) < 4.78 is 0. The Morgan fingerprint density at radius 1 is 1.11 bits per heavy atom. The van der Waals surface area contributed by atoms with Crippen molar-refractivity contribution in [2.24, 2.45) is 11.8 Å². The Labute approximate surface area is 115 Å². The van der Waals surface area contributed by atoms with E-state index in [1.165, 1.54) is 38.8 Å². The quantitative estimate of drug-likeness (QED) is 0.748. The Bertz CT molecular complexity index is 201. The van der Waals surface area contributed by atoms with Gasteiger partial charge in [0.2, 0.25) is 0 Å². The fraction of sp³-hybridized carbons (Fsp3) is 1.00. The van der Waals surface area contributed by atoms with Crippen molar-refractivity contribution in [2.45, 2.75) is 72.4 Å². The van der Waals surface area contributed by atoms with Crippen molar-refractivity contribution in [1.29, 1.82) is 0 Å². The van der Waals surface area contributed by atoms with Crippen LogP contribution in [0.1, 0.15) is 60.3 Å². The van der Waals surface area contributed by atoms with Crippen molar-refractivity contribution < 1.29 is 0 Å². The third-order valence-electron chi connectivity index (χ3n) is 4.31. The van der Waals surface area contributed by atoms with Crippen LogP contribution in [-0.2, 0) is 0 Å². The van der Waals surface area contributed by atoms with E-state index in [1.807, 2.05) is 0 Å². The maximum Gasteiger partial charge on any atom is 0.0246 e. The first kappa shape index (κ1) is 16.0. The molecule has 1 fully saturated rings. The average molecular weight is 254 g/mol. The minimum absolute atomic E-state index is 0.683. The molecule has 4 unspecified atom stereocenters. The molecule has 0 saturated carbocycles. The van der Waals surface area contributed by atoms with Crippen LogP contribution in [0.3, 0.4) is 0 Å². The smallest absolute Gasteiger partial charge is 0.0246 e. The molecule has 1 heterocycles. The molecule has 0 aromatic rings. The Morgan fingerprint density at radius 2 is 1.72 bits per heavy atom. The Hall–Kier alpha value is -0.0800. The number of rotatable bonds is 7. The number of likely N-dealkylation sites (N-methyl/N-ethyl adjacent to an activating group) is 1. The van der Waals surface area contributed by atoms with E-state index in [9.17, 15) is 0 Å². The van der Waals surface area contributed by atoms with Crippen molar-refractivity contribution in [2.75, 3.05) is 19.6 Å². The van der Waals surface area contributed by atoms with E-state index in [1.54, 1.807) is 0 Å². The van der Waals surface area contributed by atoms with E-state index < -0.39 is 0 Å². The molecule has 1 aliphatic heterocycles. The zero-order valence-corrected chi connectivity index (χ0v) is 13.2. The highest BCUT2D eigenvalue weighted by molar-refractivity contribution is 4.87. The molecule has 1 rings (SSSR count). The van der Waals surface area contributed by atoms with E-state index in [2.05, 4.69) is 44.8 Å². The van der Waals surface area contributed by atoms with Gasteiger partial charge in [-0.05, 0) is 37.6 Å². The van der Waals surface area contributed by atoms with Gasteiger partial charge in [0.15, 0.2) is 0 Å². The molecule has 0 aliphatic carbocycles. The highest BCUT2D eigenvalue weighted by Gasteiger charge is 2.30. The van der Waals surface area contributed by atoms with Crippen molar-refractivity contribution in [1.82, 2.24) is 10.2 Å². The minimum Gasteiger partial charge on any atom is -0.313 e. The number of hydrogen-bond acceptors (Lipinski definition) is 2. The third-order valence-corrected chi connectivity index (χ3v) is 4.31. The molecule has 0 bridgehead atoms. The van der Waals surface area contributed by atoms with Crippen LogP contribution < -0.4 is 5.32 Å². The Kier molecular flexibility index (Phi) is 7.25. The normalized spacial score (nSPS) is 29.2. The van der Waals surface area contributed by atoms with Crippen LogP contribution in [0.2, 0.25) is 0 Å². The highest BCUT2D eigenvalue weighted by Crippen LogP contribution is 2.25. The van der Waals surface area contributed by atoms with Gasteiger partial charge in [-0.3, -0.25) is 4.90 Å². The second-order valence-electron chi connectivity index (χ2n) is 6.33. The summed E-state index contributed by atoms with van der Waals surface area (Å²) in [4.78, 5) is 2.77. The predicted molar refractivity (Wildman–Crippen MR) is 81.0 cm³/mol. The zero-order chi connectivity index (χ0) is 13.5. The van der Waals surface area contributed by atoms with Crippen molar-refractivity contribution in [3.05, 3.63) is 0 Å². The third kappa shape index (κ3) is 4.55. The predicted octanol–water partition coefficient (Wildman–Crippen LogP) is 3.52. The van der Waals surface area contributed by atoms with Gasteiger partial charge in [0, 0.05) is 25.2 Å². The van der Waals surface area contributed by atoms with Crippen LogP contribution >= 0.6 is 0 Å². The molecule has 0 aromatic heterocycles. The number of likely N-dealkylation sites (tertiary alicyclic amines) is 1. The first-order valence-electron chi connectivity index (χ1n) is 8.09. The average Bonchev–Trinajstić information content (AvgIpc) is 2.29. The molecule has 18 heavy (non-hydrogen) atoms. The lowest BCUT2D eigenvalue weighted by Gasteiger charge is -2.43. The molecule has 0 aromatic carbocycles. The SMILES string of the molecule is CCCC(NCC)C(CC)N1CC(C)CC(C)C1. The number of piperidine rings is 1. The van der Waals surface area contributed by atoms with Crippen LogP contribution in [0.5, 0.6) is 0 Å². The van der Waals surface area contributed by atoms with Crippen LogP contribution in [-0.4, -0.2) is 36.6 Å². The largest absolute Gasteiger partial charge is 0.313 e. The van der Waals surface area contributed by atoms with Crippen molar-refractivity contribution in [3.63, 3.8) is 0 Å². The topological polar surface area (TPSA) is 15.3 Å². The van der Waals surface area contributed by atoms with Crippen LogP contribution in [0.25, 0.3) is 0 Å². The van der Waals surface area contributed by atoms with Crippen molar-refractivity contribution in [3.8, 4) is 0 Å². The lowest BCUT2D eigenvalue weighted by molar-refractivity contribution is 0.0708. The molecule has 1 N–H and O–H groups in total. The zero-order valence-electron chi connectivity index (χ0n) is 13.2. The highest BCUT2D eigenvalue weighted by atomic mass is 15.2.